The first-order chi connectivity index (χ1) is 13.7. The van der Waals surface area contributed by atoms with Crippen LogP contribution in [0.5, 0.6) is 0 Å². The van der Waals surface area contributed by atoms with E-state index < -0.39 is 23.6 Å². The van der Waals surface area contributed by atoms with Crippen LogP contribution in [0.1, 0.15) is 26.4 Å². The molecule has 0 unspecified atom stereocenters. The normalized spacial score (nSPS) is 14.7. The number of alkyl halides is 3. The van der Waals surface area contributed by atoms with Crippen molar-refractivity contribution in [1.82, 2.24) is 19.9 Å². The van der Waals surface area contributed by atoms with Crippen molar-refractivity contribution in [2.75, 3.05) is 26.2 Å². The number of H-pyrrole nitrogens is 1. The predicted octanol–water partition coefficient (Wildman–Crippen LogP) is 2.16. The molecular formula is C18H20ClF3N6O2. The van der Waals surface area contributed by atoms with Gasteiger partial charge in [-0.25, -0.2) is 10.0 Å². The Kier molecular flexibility index (Phi) is 7.11. The number of aromatic amines is 1. The predicted molar refractivity (Wildman–Crippen MR) is 105 cm³/mol. The molecule has 0 aliphatic carbocycles. The molecule has 4 N–H and O–H groups in total. The number of nitrogens with two attached hydrogens (primary N) is 1. The van der Waals surface area contributed by atoms with E-state index in [0.717, 1.165) is 23.2 Å². The maximum absolute atomic E-state index is 12.9. The van der Waals surface area contributed by atoms with Gasteiger partial charge in [0.25, 0.3) is 11.8 Å². The highest BCUT2D eigenvalue weighted by atomic mass is 35.5. The molecule has 0 spiro atoms. The Balaban J connectivity index is 0.00000320. The van der Waals surface area contributed by atoms with Gasteiger partial charge in [0.2, 0.25) is 5.96 Å². The fraction of sp³-hybridized carbons (Fsp3) is 0.278. The van der Waals surface area contributed by atoms with E-state index in [2.05, 4.69) is 4.98 Å². The van der Waals surface area contributed by atoms with Crippen LogP contribution in [0.2, 0.25) is 0 Å². The molecule has 162 valence electrons. The first-order valence-electron chi connectivity index (χ1n) is 8.71. The summed E-state index contributed by atoms with van der Waals surface area (Å²) in [5.41, 5.74) is 4.77. The van der Waals surface area contributed by atoms with Crippen molar-refractivity contribution in [3.63, 3.8) is 0 Å². The van der Waals surface area contributed by atoms with Crippen molar-refractivity contribution in [3.05, 3.63) is 59.4 Å². The number of halogens is 4. The van der Waals surface area contributed by atoms with Gasteiger partial charge in [-0.3, -0.25) is 15.0 Å². The monoisotopic (exact) mass is 444 g/mol. The fourth-order valence-corrected chi connectivity index (χ4v) is 3.07. The van der Waals surface area contributed by atoms with Gasteiger partial charge in [-0.1, -0.05) is 6.07 Å². The molecule has 8 nitrogen and oxygen atoms in total. The van der Waals surface area contributed by atoms with Crippen molar-refractivity contribution in [2.24, 2.45) is 5.73 Å². The standard InChI is InChI=1S/C18H19F3N6O2.ClH/c19-18(20,21)13-4-1-3-12(11-13)15(28)27(17(22)23)26-9-7-25(8-10-26)16(29)14-5-2-6-24-14;/h1-6,11,24H,7-10H2,(H3,22,23);1H. The lowest BCUT2D eigenvalue weighted by atomic mass is 10.1. The quantitative estimate of drug-likeness (QED) is 0.497. The van der Waals surface area contributed by atoms with Gasteiger partial charge in [0.05, 0.1) is 5.56 Å². The molecule has 1 aromatic carbocycles. The Morgan fingerprint density at radius 2 is 1.77 bits per heavy atom. The third-order valence-corrected chi connectivity index (χ3v) is 4.51. The number of hydrogen-bond donors (Lipinski definition) is 3. The fourth-order valence-electron chi connectivity index (χ4n) is 3.07. The number of hydrazine groups is 1. The molecule has 1 aliphatic heterocycles. The summed E-state index contributed by atoms with van der Waals surface area (Å²) >= 11 is 0. The van der Waals surface area contributed by atoms with Gasteiger partial charge >= 0.3 is 6.18 Å². The maximum Gasteiger partial charge on any atom is 0.416 e. The van der Waals surface area contributed by atoms with Crippen LogP contribution in [0.15, 0.2) is 42.6 Å². The minimum Gasteiger partial charge on any atom is -0.369 e. The maximum atomic E-state index is 12.9. The Labute approximate surface area is 176 Å². The van der Waals surface area contributed by atoms with E-state index in [9.17, 15) is 22.8 Å². The van der Waals surface area contributed by atoms with Gasteiger partial charge in [0.15, 0.2) is 0 Å². The van der Waals surface area contributed by atoms with E-state index in [1.54, 1.807) is 23.2 Å². The van der Waals surface area contributed by atoms with Crippen LogP contribution in [-0.4, -0.2) is 63.9 Å². The number of nitrogens with one attached hydrogen (secondary N) is 2. The molecule has 1 aromatic heterocycles. The average molecular weight is 445 g/mol. The van der Waals surface area contributed by atoms with Crippen molar-refractivity contribution < 1.29 is 22.8 Å². The zero-order chi connectivity index (χ0) is 21.2. The Hall–Kier alpha value is -3.05. The van der Waals surface area contributed by atoms with E-state index in [-0.39, 0.29) is 50.1 Å². The summed E-state index contributed by atoms with van der Waals surface area (Å²) in [5, 5.41) is 10.0. The second kappa shape index (κ2) is 9.18. The van der Waals surface area contributed by atoms with Crippen molar-refractivity contribution in [2.45, 2.75) is 6.18 Å². The average Bonchev–Trinajstić information content (AvgIpc) is 3.22. The van der Waals surface area contributed by atoms with E-state index in [4.69, 9.17) is 11.1 Å². The minimum absolute atomic E-state index is 0. The molecule has 1 saturated heterocycles. The molecule has 3 rings (SSSR count). The Morgan fingerprint density at radius 3 is 2.30 bits per heavy atom. The lowest BCUT2D eigenvalue weighted by Crippen LogP contribution is -2.59. The second-order valence-electron chi connectivity index (χ2n) is 6.41. The summed E-state index contributed by atoms with van der Waals surface area (Å²) in [6.07, 6.45) is -2.96. The van der Waals surface area contributed by atoms with Crippen molar-refractivity contribution in [3.8, 4) is 0 Å². The van der Waals surface area contributed by atoms with Gasteiger partial charge in [0.1, 0.15) is 5.69 Å². The van der Waals surface area contributed by atoms with Gasteiger partial charge in [-0.05, 0) is 30.3 Å². The van der Waals surface area contributed by atoms with Gasteiger partial charge in [0, 0.05) is 37.9 Å². The van der Waals surface area contributed by atoms with Crippen LogP contribution in [0.4, 0.5) is 13.2 Å². The lowest BCUT2D eigenvalue weighted by Gasteiger charge is -2.39. The molecule has 0 radical (unpaired) electrons. The third kappa shape index (κ3) is 4.92. The number of hydrogen-bond acceptors (Lipinski definition) is 4. The second-order valence-corrected chi connectivity index (χ2v) is 6.41. The molecule has 2 aromatic rings. The number of benzene rings is 1. The zero-order valence-corrected chi connectivity index (χ0v) is 16.5. The highest BCUT2D eigenvalue weighted by Crippen LogP contribution is 2.30. The Bertz CT molecular complexity index is 911. The first kappa shape index (κ1) is 23.2. The SMILES string of the molecule is Cl.N=C(N)N(C(=O)c1cccc(C(F)(F)F)c1)N1CCN(C(=O)c2ccc[nH]2)CC1. The number of nitrogens with zero attached hydrogens (tertiary/aromatic N) is 3. The molecule has 30 heavy (non-hydrogen) atoms. The molecule has 12 heteroatoms. The smallest absolute Gasteiger partial charge is 0.369 e. The highest BCUT2D eigenvalue weighted by molar-refractivity contribution is 6.04. The van der Waals surface area contributed by atoms with Gasteiger partial charge < -0.3 is 15.6 Å². The number of aromatic nitrogens is 1. The van der Waals surface area contributed by atoms with E-state index in [1.165, 1.54) is 11.1 Å². The van der Waals surface area contributed by atoms with Crippen LogP contribution < -0.4 is 5.73 Å². The number of carbonyl (C=O) groups is 2. The summed E-state index contributed by atoms with van der Waals surface area (Å²) < 4.78 is 38.8. The largest absolute Gasteiger partial charge is 0.416 e. The molecule has 2 amide bonds. The molecule has 1 fully saturated rings. The number of guanidine groups is 1. The third-order valence-electron chi connectivity index (χ3n) is 4.51. The lowest BCUT2D eigenvalue weighted by molar-refractivity contribution is -0.137. The molecule has 0 atom stereocenters. The number of amides is 2. The van der Waals surface area contributed by atoms with Gasteiger partial charge in [-0.15, -0.1) is 12.4 Å². The summed E-state index contributed by atoms with van der Waals surface area (Å²) in [7, 11) is 0. The van der Waals surface area contributed by atoms with E-state index in [0.29, 0.717) is 5.69 Å². The molecule has 0 bridgehead atoms. The number of rotatable bonds is 3. The molecule has 2 heterocycles. The van der Waals surface area contributed by atoms with Crippen LogP contribution in [-0.2, 0) is 6.18 Å². The number of carbonyl (C=O) groups excluding carboxylic acids is 2. The summed E-state index contributed by atoms with van der Waals surface area (Å²) in [5.74, 6) is -1.66. The summed E-state index contributed by atoms with van der Waals surface area (Å²) in [4.78, 5) is 29.6. The molecule has 1 aliphatic rings. The molecular weight excluding hydrogens is 425 g/mol. The van der Waals surface area contributed by atoms with Crippen molar-refractivity contribution >= 4 is 30.2 Å². The van der Waals surface area contributed by atoms with Gasteiger partial charge in [-0.2, -0.15) is 13.2 Å². The van der Waals surface area contributed by atoms with Crippen molar-refractivity contribution in [1.29, 1.82) is 5.41 Å². The van der Waals surface area contributed by atoms with Crippen LogP contribution >= 0.6 is 12.4 Å². The summed E-state index contributed by atoms with van der Waals surface area (Å²) in [6.45, 7) is 0.905. The topological polar surface area (TPSA) is 110 Å². The summed E-state index contributed by atoms with van der Waals surface area (Å²) in [6, 6.07) is 7.30. The van der Waals surface area contributed by atoms with Crippen LogP contribution in [0, 0.1) is 5.41 Å². The van der Waals surface area contributed by atoms with E-state index >= 15 is 0 Å². The van der Waals surface area contributed by atoms with Crippen LogP contribution in [0.3, 0.4) is 0 Å². The van der Waals surface area contributed by atoms with Crippen LogP contribution in [0.25, 0.3) is 0 Å². The first-order valence-corrected chi connectivity index (χ1v) is 8.71. The minimum atomic E-state index is -4.60. The van der Waals surface area contributed by atoms with E-state index in [1.807, 2.05) is 0 Å². The zero-order valence-electron chi connectivity index (χ0n) is 15.6. The number of piperazine rings is 1. The highest BCUT2D eigenvalue weighted by Gasteiger charge is 2.34. The Morgan fingerprint density at radius 1 is 1.10 bits per heavy atom. The molecule has 0 saturated carbocycles.